The summed E-state index contributed by atoms with van der Waals surface area (Å²) in [7, 11) is 0. The average Bonchev–Trinajstić information content (AvgIpc) is 3.20. The summed E-state index contributed by atoms with van der Waals surface area (Å²) >= 11 is 6.16. The summed E-state index contributed by atoms with van der Waals surface area (Å²) in [6, 6.07) is 5.82. The van der Waals surface area contributed by atoms with E-state index in [1.807, 2.05) is 17.9 Å². The summed E-state index contributed by atoms with van der Waals surface area (Å²) in [5, 5.41) is 3.45. The lowest BCUT2D eigenvalue weighted by atomic mass is 10.2. The summed E-state index contributed by atoms with van der Waals surface area (Å²) < 4.78 is 5.41. The fraction of sp³-hybridized carbons (Fsp3) is 0.588. The monoisotopic (exact) mass is 337 g/mol. The van der Waals surface area contributed by atoms with E-state index in [4.69, 9.17) is 16.3 Å². The molecule has 2 amide bonds. The van der Waals surface area contributed by atoms with Gasteiger partial charge in [0, 0.05) is 24.8 Å². The molecule has 0 aliphatic carbocycles. The summed E-state index contributed by atoms with van der Waals surface area (Å²) in [6.07, 6.45) is 3.64. The molecule has 1 N–H and O–H groups in total. The third-order valence-corrected chi connectivity index (χ3v) is 4.89. The molecule has 23 heavy (non-hydrogen) atoms. The Bertz CT molecular complexity index is 561. The van der Waals surface area contributed by atoms with Crippen molar-refractivity contribution in [3.63, 3.8) is 0 Å². The van der Waals surface area contributed by atoms with Crippen molar-refractivity contribution in [3.05, 3.63) is 23.2 Å². The van der Waals surface area contributed by atoms with Gasteiger partial charge >= 0.3 is 6.03 Å². The first-order valence-electron chi connectivity index (χ1n) is 8.39. The lowest BCUT2D eigenvalue weighted by Gasteiger charge is -2.23. The molecule has 0 bridgehead atoms. The minimum atomic E-state index is -0.0491. The van der Waals surface area contributed by atoms with Crippen LogP contribution in [-0.4, -0.2) is 54.7 Å². The zero-order valence-corrected chi connectivity index (χ0v) is 14.3. The van der Waals surface area contributed by atoms with Crippen molar-refractivity contribution in [1.29, 1.82) is 0 Å². The second-order valence-electron chi connectivity index (χ2n) is 6.14. The van der Waals surface area contributed by atoms with E-state index in [1.54, 1.807) is 12.1 Å². The van der Waals surface area contributed by atoms with E-state index in [-0.39, 0.29) is 6.03 Å². The molecule has 3 rings (SSSR count). The van der Waals surface area contributed by atoms with E-state index in [2.05, 4.69) is 10.2 Å². The Morgan fingerprint density at radius 1 is 1.35 bits per heavy atom. The number of anilines is 1. The molecule has 0 saturated carbocycles. The number of nitrogens with one attached hydrogen (secondary N) is 1. The molecule has 2 aliphatic heterocycles. The van der Waals surface area contributed by atoms with Gasteiger partial charge in [0.05, 0.1) is 11.6 Å². The van der Waals surface area contributed by atoms with Gasteiger partial charge in [-0.1, -0.05) is 11.6 Å². The Kier molecular flexibility index (Phi) is 5.28. The number of benzene rings is 1. The van der Waals surface area contributed by atoms with E-state index in [1.165, 1.54) is 25.9 Å². The van der Waals surface area contributed by atoms with E-state index in [9.17, 15) is 4.79 Å². The van der Waals surface area contributed by atoms with Gasteiger partial charge in [0.2, 0.25) is 0 Å². The molecule has 1 aromatic carbocycles. The number of carbonyl (C=O) groups excluding carboxylic acids is 1. The van der Waals surface area contributed by atoms with Crippen molar-refractivity contribution < 1.29 is 9.53 Å². The molecule has 5 nitrogen and oxygen atoms in total. The van der Waals surface area contributed by atoms with Crippen LogP contribution in [0.15, 0.2) is 18.2 Å². The summed E-state index contributed by atoms with van der Waals surface area (Å²) in [4.78, 5) is 16.8. The van der Waals surface area contributed by atoms with Crippen LogP contribution in [0.3, 0.4) is 0 Å². The average molecular weight is 338 g/mol. The molecule has 0 radical (unpaired) electrons. The topological polar surface area (TPSA) is 44.8 Å². The standard InChI is InChI=1S/C17H24ClN3O2/c1-2-23-16-6-5-13(11-15(16)18)19-17(22)21-10-7-14(12-21)20-8-3-4-9-20/h5-6,11,14H,2-4,7-10,12H2,1H3,(H,19,22)/t14-/m0/s1. The molecule has 0 unspecified atom stereocenters. The molecule has 1 aromatic rings. The van der Waals surface area contributed by atoms with Crippen molar-refractivity contribution in [2.45, 2.75) is 32.2 Å². The van der Waals surface area contributed by atoms with Crippen LogP contribution in [0.25, 0.3) is 0 Å². The van der Waals surface area contributed by atoms with Crippen molar-refractivity contribution in [2.75, 3.05) is 38.1 Å². The Morgan fingerprint density at radius 2 is 2.13 bits per heavy atom. The molecular formula is C17H24ClN3O2. The van der Waals surface area contributed by atoms with Crippen molar-refractivity contribution >= 4 is 23.3 Å². The molecule has 2 heterocycles. The van der Waals surface area contributed by atoms with Crippen LogP contribution in [0.1, 0.15) is 26.2 Å². The number of halogens is 1. The van der Waals surface area contributed by atoms with Crippen molar-refractivity contribution in [3.8, 4) is 5.75 Å². The van der Waals surface area contributed by atoms with Gasteiger partial charge in [-0.05, 0) is 57.5 Å². The maximum Gasteiger partial charge on any atom is 0.321 e. The van der Waals surface area contributed by atoms with Crippen LogP contribution >= 0.6 is 11.6 Å². The molecule has 0 aromatic heterocycles. The van der Waals surface area contributed by atoms with Gasteiger partial charge in [-0.15, -0.1) is 0 Å². The second-order valence-corrected chi connectivity index (χ2v) is 6.55. The predicted molar refractivity (Wildman–Crippen MR) is 92.4 cm³/mol. The highest BCUT2D eigenvalue weighted by Gasteiger charge is 2.31. The van der Waals surface area contributed by atoms with Gasteiger partial charge in [-0.25, -0.2) is 4.79 Å². The Hall–Kier alpha value is -1.46. The van der Waals surface area contributed by atoms with Crippen LogP contribution in [0.4, 0.5) is 10.5 Å². The van der Waals surface area contributed by atoms with E-state index in [0.717, 1.165) is 19.5 Å². The van der Waals surface area contributed by atoms with Gasteiger partial charge in [-0.2, -0.15) is 0 Å². The van der Waals surface area contributed by atoms with Crippen LogP contribution in [0.5, 0.6) is 5.75 Å². The summed E-state index contributed by atoms with van der Waals surface area (Å²) in [6.45, 7) is 6.46. The number of amides is 2. The number of carbonyl (C=O) groups is 1. The number of urea groups is 1. The summed E-state index contributed by atoms with van der Waals surface area (Å²) in [5.74, 6) is 0.641. The molecule has 0 spiro atoms. The number of ether oxygens (including phenoxy) is 1. The van der Waals surface area contributed by atoms with Gasteiger partial charge in [0.25, 0.3) is 0 Å². The maximum atomic E-state index is 12.4. The largest absolute Gasteiger partial charge is 0.492 e. The molecule has 6 heteroatoms. The molecule has 2 aliphatic rings. The van der Waals surface area contributed by atoms with Crippen LogP contribution < -0.4 is 10.1 Å². The van der Waals surface area contributed by atoms with Crippen molar-refractivity contribution in [2.24, 2.45) is 0 Å². The zero-order chi connectivity index (χ0) is 16.2. The van der Waals surface area contributed by atoms with Gasteiger partial charge < -0.3 is 15.0 Å². The van der Waals surface area contributed by atoms with Crippen molar-refractivity contribution in [1.82, 2.24) is 9.80 Å². The van der Waals surface area contributed by atoms with Gasteiger partial charge in [0.15, 0.2) is 0 Å². The normalized spacial score (nSPS) is 21.7. The van der Waals surface area contributed by atoms with Crippen LogP contribution in [0.2, 0.25) is 5.02 Å². The second kappa shape index (κ2) is 7.41. The lowest BCUT2D eigenvalue weighted by Crippen LogP contribution is -2.38. The van der Waals surface area contributed by atoms with E-state index in [0.29, 0.717) is 29.1 Å². The fourth-order valence-electron chi connectivity index (χ4n) is 3.38. The highest BCUT2D eigenvalue weighted by atomic mass is 35.5. The third kappa shape index (κ3) is 3.90. The number of hydrogen-bond acceptors (Lipinski definition) is 3. The molecule has 1 atom stereocenters. The Balaban J connectivity index is 1.56. The van der Waals surface area contributed by atoms with E-state index < -0.39 is 0 Å². The fourth-order valence-corrected chi connectivity index (χ4v) is 3.62. The lowest BCUT2D eigenvalue weighted by molar-refractivity contribution is 0.210. The maximum absolute atomic E-state index is 12.4. The quantitative estimate of drug-likeness (QED) is 0.915. The highest BCUT2D eigenvalue weighted by molar-refractivity contribution is 6.32. The van der Waals surface area contributed by atoms with Crippen LogP contribution in [-0.2, 0) is 0 Å². The number of nitrogens with zero attached hydrogens (tertiary/aromatic N) is 2. The molecular weight excluding hydrogens is 314 g/mol. The summed E-state index contributed by atoms with van der Waals surface area (Å²) in [5.41, 5.74) is 0.702. The first-order chi connectivity index (χ1) is 11.2. The number of likely N-dealkylation sites (tertiary alicyclic amines) is 2. The Labute approximate surface area is 142 Å². The number of rotatable bonds is 4. The smallest absolute Gasteiger partial charge is 0.321 e. The molecule has 2 fully saturated rings. The minimum absolute atomic E-state index is 0.0491. The highest BCUT2D eigenvalue weighted by Crippen LogP contribution is 2.28. The predicted octanol–water partition coefficient (Wildman–Crippen LogP) is 3.44. The first-order valence-corrected chi connectivity index (χ1v) is 8.77. The SMILES string of the molecule is CCOc1ccc(NC(=O)N2CC[C@H](N3CCCC3)C2)cc1Cl. The number of hydrogen-bond donors (Lipinski definition) is 1. The van der Waals surface area contributed by atoms with Crippen LogP contribution in [0, 0.1) is 0 Å². The van der Waals surface area contributed by atoms with E-state index >= 15 is 0 Å². The van der Waals surface area contributed by atoms with Gasteiger partial charge in [0.1, 0.15) is 5.75 Å². The molecule has 126 valence electrons. The minimum Gasteiger partial charge on any atom is -0.492 e. The zero-order valence-electron chi connectivity index (χ0n) is 13.6. The first kappa shape index (κ1) is 16.4. The van der Waals surface area contributed by atoms with Gasteiger partial charge in [-0.3, -0.25) is 4.90 Å². The third-order valence-electron chi connectivity index (χ3n) is 4.59. The Morgan fingerprint density at radius 3 is 2.83 bits per heavy atom. The molecule has 2 saturated heterocycles.